The van der Waals surface area contributed by atoms with Gasteiger partial charge >= 0.3 is 5.97 Å². The van der Waals surface area contributed by atoms with Gasteiger partial charge in [-0.15, -0.1) is 0 Å². The quantitative estimate of drug-likeness (QED) is 0.758. The molecule has 2 aromatic carbocycles. The van der Waals surface area contributed by atoms with Crippen LogP contribution in [0.2, 0.25) is 0 Å². The molecule has 1 aromatic heterocycles. The Labute approximate surface area is 126 Å². The average Bonchev–Trinajstić information content (AvgIpc) is 2.57. The number of hydrogen-bond donors (Lipinski definition) is 2. The SMILES string of the molecule is NCC(=O)O.O=c1c(-c2ccccc2)coc2ccccc12. The van der Waals surface area contributed by atoms with E-state index in [0.29, 0.717) is 16.5 Å². The molecule has 0 amide bonds. The van der Waals surface area contributed by atoms with Gasteiger partial charge in [0, 0.05) is 0 Å². The van der Waals surface area contributed by atoms with Crippen molar-refractivity contribution in [1.29, 1.82) is 0 Å². The van der Waals surface area contributed by atoms with Gasteiger partial charge in [0.15, 0.2) is 5.43 Å². The predicted octanol–water partition coefficient (Wildman–Crippen LogP) is 2.49. The Balaban J connectivity index is 0.000000309. The fourth-order valence-corrected chi connectivity index (χ4v) is 1.89. The highest BCUT2D eigenvalue weighted by molar-refractivity contribution is 5.81. The van der Waals surface area contributed by atoms with E-state index in [9.17, 15) is 9.59 Å². The van der Waals surface area contributed by atoms with Crippen LogP contribution in [-0.2, 0) is 4.79 Å². The van der Waals surface area contributed by atoms with Gasteiger partial charge in [-0.3, -0.25) is 9.59 Å². The summed E-state index contributed by atoms with van der Waals surface area (Å²) >= 11 is 0. The number of benzene rings is 2. The van der Waals surface area contributed by atoms with Gasteiger partial charge in [0.05, 0.1) is 17.5 Å². The third-order valence-electron chi connectivity index (χ3n) is 2.94. The van der Waals surface area contributed by atoms with Gasteiger partial charge < -0.3 is 15.3 Å². The first-order valence-electron chi connectivity index (χ1n) is 6.61. The molecule has 0 aliphatic heterocycles. The minimum Gasteiger partial charge on any atom is -0.480 e. The second kappa shape index (κ2) is 7.19. The zero-order valence-electron chi connectivity index (χ0n) is 11.7. The molecule has 112 valence electrons. The lowest BCUT2D eigenvalue weighted by Crippen LogP contribution is -2.10. The van der Waals surface area contributed by atoms with Crippen molar-refractivity contribution >= 4 is 16.9 Å². The fraction of sp³-hybridized carbons (Fsp3) is 0.0588. The fourth-order valence-electron chi connectivity index (χ4n) is 1.89. The van der Waals surface area contributed by atoms with Gasteiger partial charge in [0.1, 0.15) is 11.8 Å². The first kappa shape index (κ1) is 15.5. The molecule has 0 saturated heterocycles. The maximum Gasteiger partial charge on any atom is 0.317 e. The summed E-state index contributed by atoms with van der Waals surface area (Å²) in [5, 5.41) is 8.22. The molecule has 0 atom stereocenters. The Morgan fingerprint density at radius 3 is 2.27 bits per heavy atom. The summed E-state index contributed by atoms with van der Waals surface area (Å²) in [6.07, 6.45) is 1.53. The van der Waals surface area contributed by atoms with Crippen LogP contribution in [0.1, 0.15) is 0 Å². The first-order chi connectivity index (χ1) is 10.6. The van der Waals surface area contributed by atoms with Crippen LogP contribution >= 0.6 is 0 Å². The van der Waals surface area contributed by atoms with Crippen molar-refractivity contribution in [3.8, 4) is 11.1 Å². The summed E-state index contributed by atoms with van der Waals surface area (Å²) in [7, 11) is 0. The summed E-state index contributed by atoms with van der Waals surface area (Å²) < 4.78 is 5.48. The van der Waals surface area contributed by atoms with Crippen molar-refractivity contribution < 1.29 is 14.3 Å². The molecular weight excluding hydrogens is 282 g/mol. The number of aliphatic carboxylic acids is 1. The number of carbonyl (C=O) groups is 1. The minimum absolute atomic E-state index is 0.0121. The zero-order chi connectivity index (χ0) is 15.9. The van der Waals surface area contributed by atoms with Gasteiger partial charge in [0.25, 0.3) is 0 Å². The summed E-state index contributed by atoms with van der Waals surface area (Å²) in [5.41, 5.74) is 6.69. The number of carboxylic acids is 1. The molecule has 3 N–H and O–H groups in total. The summed E-state index contributed by atoms with van der Waals surface area (Å²) in [4.78, 5) is 21.5. The molecule has 0 bridgehead atoms. The van der Waals surface area contributed by atoms with E-state index in [2.05, 4.69) is 5.73 Å². The molecule has 22 heavy (non-hydrogen) atoms. The normalized spacial score (nSPS) is 9.86. The lowest BCUT2D eigenvalue weighted by molar-refractivity contribution is -0.135. The molecule has 1 heterocycles. The molecule has 0 spiro atoms. The van der Waals surface area contributed by atoms with Crippen LogP contribution in [-0.4, -0.2) is 17.6 Å². The van der Waals surface area contributed by atoms with Gasteiger partial charge in [-0.25, -0.2) is 0 Å². The van der Waals surface area contributed by atoms with Crippen LogP contribution in [0.5, 0.6) is 0 Å². The highest BCUT2D eigenvalue weighted by Crippen LogP contribution is 2.18. The van der Waals surface area contributed by atoms with Crippen molar-refractivity contribution in [3.05, 3.63) is 71.1 Å². The molecule has 0 aliphatic rings. The monoisotopic (exact) mass is 297 g/mol. The lowest BCUT2D eigenvalue weighted by Gasteiger charge is -2.01. The van der Waals surface area contributed by atoms with Crippen molar-refractivity contribution in [3.63, 3.8) is 0 Å². The minimum atomic E-state index is -0.968. The molecule has 0 unspecified atom stereocenters. The van der Waals surface area contributed by atoms with Crippen LogP contribution in [0.15, 0.2) is 70.1 Å². The number of nitrogens with two attached hydrogens (primary N) is 1. The second-order valence-electron chi connectivity index (χ2n) is 4.44. The topological polar surface area (TPSA) is 93.5 Å². The molecule has 5 nitrogen and oxygen atoms in total. The zero-order valence-corrected chi connectivity index (χ0v) is 11.7. The molecule has 0 aliphatic carbocycles. The third-order valence-corrected chi connectivity index (χ3v) is 2.94. The molecule has 0 saturated carbocycles. The molecule has 3 aromatic rings. The van der Waals surface area contributed by atoms with E-state index >= 15 is 0 Å². The number of hydrogen-bond acceptors (Lipinski definition) is 4. The van der Waals surface area contributed by atoms with E-state index in [1.54, 1.807) is 12.1 Å². The Morgan fingerprint density at radius 2 is 1.64 bits per heavy atom. The highest BCUT2D eigenvalue weighted by atomic mass is 16.4. The standard InChI is InChI=1S/C15H10O2.C2H5NO2/c16-15-12-8-4-5-9-14(12)17-10-13(15)11-6-2-1-3-7-11;3-1-2(4)5/h1-10H;1,3H2,(H,4,5). The van der Waals surface area contributed by atoms with E-state index in [1.165, 1.54) is 6.26 Å². The number of fused-ring (bicyclic) bond motifs is 1. The maximum atomic E-state index is 12.3. The van der Waals surface area contributed by atoms with Crippen molar-refractivity contribution in [1.82, 2.24) is 0 Å². The number of para-hydroxylation sites is 1. The third kappa shape index (κ3) is 3.59. The van der Waals surface area contributed by atoms with Gasteiger partial charge in [-0.1, -0.05) is 42.5 Å². The Morgan fingerprint density at radius 1 is 1.05 bits per heavy atom. The summed E-state index contributed by atoms with van der Waals surface area (Å²) in [6, 6.07) is 16.8. The maximum absolute atomic E-state index is 12.3. The number of rotatable bonds is 2. The first-order valence-corrected chi connectivity index (χ1v) is 6.61. The molecule has 3 rings (SSSR count). The highest BCUT2D eigenvalue weighted by Gasteiger charge is 2.07. The lowest BCUT2D eigenvalue weighted by atomic mass is 10.1. The van der Waals surface area contributed by atoms with Crippen LogP contribution in [0.3, 0.4) is 0 Å². The van der Waals surface area contributed by atoms with E-state index < -0.39 is 5.97 Å². The Kier molecular flexibility index (Phi) is 5.06. The van der Waals surface area contributed by atoms with E-state index in [-0.39, 0.29) is 12.0 Å². The van der Waals surface area contributed by atoms with Crippen molar-refractivity contribution in [2.75, 3.05) is 6.54 Å². The van der Waals surface area contributed by atoms with Crippen LogP contribution in [0.4, 0.5) is 0 Å². The van der Waals surface area contributed by atoms with Gasteiger partial charge in [0.2, 0.25) is 0 Å². The average molecular weight is 297 g/mol. The Hall–Kier alpha value is -2.92. The second-order valence-corrected chi connectivity index (χ2v) is 4.44. The molecule has 0 fully saturated rings. The smallest absolute Gasteiger partial charge is 0.317 e. The summed E-state index contributed by atoms with van der Waals surface area (Å²) in [6.45, 7) is -0.278. The number of carboxylic acid groups (broad SMARTS) is 1. The van der Waals surface area contributed by atoms with Gasteiger partial charge in [-0.2, -0.15) is 0 Å². The molecular formula is C17H15NO4. The largest absolute Gasteiger partial charge is 0.480 e. The summed E-state index contributed by atoms with van der Waals surface area (Å²) in [5.74, 6) is -0.968. The molecule has 0 radical (unpaired) electrons. The van der Waals surface area contributed by atoms with Crippen LogP contribution in [0.25, 0.3) is 22.1 Å². The van der Waals surface area contributed by atoms with E-state index in [4.69, 9.17) is 9.52 Å². The van der Waals surface area contributed by atoms with E-state index in [1.807, 2.05) is 42.5 Å². The molecule has 5 heteroatoms. The van der Waals surface area contributed by atoms with E-state index in [0.717, 1.165) is 5.56 Å². The van der Waals surface area contributed by atoms with Crippen LogP contribution < -0.4 is 11.2 Å². The van der Waals surface area contributed by atoms with Crippen molar-refractivity contribution in [2.45, 2.75) is 0 Å². The van der Waals surface area contributed by atoms with Gasteiger partial charge in [-0.05, 0) is 17.7 Å². The predicted molar refractivity (Wildman–Crippen MR) is 84.6 cm³/mol. The van der Waals surface area contributed by atoms with Crippen LogP contribution in [0, 0.1) is 0 Å². The Bertz CT molecular complexity index is 825. The van der Waals surface area contributed by atoms with Crippen molar-refractivity contribution in [2.24, 2.45) is 5.73 Å².